The van der Waals surface area contributed by atoms with Gasteiger partial charge in [-0.25, -0.2) is 5.43 Å². The highest BCUT2D eigenvalue weighted by molar-refractivity contribution is 9.10. The Labute approximate surface area is 157 Å². The second-order valence-corrected chi connectivity index (χ2v) is 6.14. The molecule has 0 aliphatic rings. The van der Waals surface area contributed by atoms with Crippen LogP contribution in [0.4, 0.5) is 5.69 Å². The Morgan fingerprint density at radius 2 is 1.81 bits per heavy atom. The lowest BCUT2D eigenvalue weighted by Gasteiger charge is -2.21. The van der Waals surface area contributed by atoms with Crippen molar-refractivity contribution in [3.63, 3.8) is 0 Å². The van der Waals surface area contributed by atoms with Crippen LogP contribution in [0.15, 0.2) is 74.7 Å². The van der Waals surface area contributed by atoms with Crippen LogP contribution in [0.5, 0.6) is 0 Å². The lowest BCUT2D eigenvalue weighted by atomic mass is 10.2. The molecular formula is C18H13BrN3O4-. The molecule has 2 aromatic carbocycles. The minimum Gasteiger partial charge on any atom is -0.733 e. The van der Waals surface area contributed by atoms with Gasteiger partial charge in [-0.05, 0) is 48.5 Å². The summed E-state index contributed by atoms with van der Waals surface area (Å²) in [6.45, 7) is 0. The number of carbonyl (C=O) groups excluding carboxylic acids is 1. The van der Waals surface area contributed by atoms with Gasteiger partial charge < -0.3 is 14.9 Å². The highest BCUT2D eigenvalue weighted by Gasteiger charge is 2.05. The third kappa shape index (κ3) is 4.37. The number of nitrogens with zero attached hydrogens (tertiary/aromatic N) is 2. The van der Waals surface area contributed by atoms with E-state index >= 15 is 0 Å². The van der Waals surface area contributed by atoms with Crippen LogP contribution < -0.4 is 10.7 Å². The summed E-state index contributed by atoms with van der Waals surface area (Å²) in [5.74, 6) is 0.718. The summed E-state index contributed by atoms with van der Waals surface area (Å²) in [6.07, 6.45) is 1.39. The van der Waals surface area contributed by atoms with E-state index in [0.29, 0.717) is 17.1 Å². The lowest BCUT2D eigenvalue weighted by molar-refractivity contribution is 0.0955. The van der Waals surface area contributed by atoms with Crippen LogP contribution >= 0.6 is 15.9 Å². The average Bonchev–Trinajstić information content (AvgIpc) is 3.11. The van der Waals surface area contributed by atoms with Gasteiger partial charge >= 0.3 is 0 Å². The monoisotopic (exact) mass is 414 g/mol. The first-order chi connectivity index (χ1) is 12.5. The van der Waals surface area contributed by atoms with Crippen molar-refractivity contribution >= 4 is 33.7 Å². The van der Waals surface area contributed by atoms with Gasteiger partial charge in [-0.1, -0.05) is 28.1 Å². The quantitative estimate of drug-likeness (QED) is 0.481. The van der Waals surface area contributed by atoms with E-state index in [1.54, 1.807) is 6.07 Å². The highest BCUT2D eigenvalue weighted by atomic mass is 79.9. The van der Waals surface area contributed by atoms with Gasteiger partial charge in [0.15, 0.2) is 0 Å². The fourth-order valence-electron chi connectivity index (χ4n) is 2.15. The van der Waals surface area contributed by atoms with Crippen molar-refractivity contribution in [1.82, 2.24) is 5.43 Å². The Hall–Kier alpha value is -2.94. The SMILES string of the molecule is O=C(NN=Cc1ccc(-c2ccc(Br)cc2)o1)c1ccc(N([O-])O)cc1. The molecule has 3 aromatic rings. The zero-order valence-electron chi connectivity index (χ0n) is 13.3. The van der Waals surface area contributed by atoms with E-state index < -0.39 is 5.91 Å². The molecule has 0 bridgehead atoms. The standard InChI is InChI=1S/C18H13BrN3O4/c19-14-5-1-12(2-6-14)17-10-9-16(26-17)11-20-21-18(23)13-3-7-15(8-4-13)22(24)25/h1-11,24H,(H,21,23)/q-1. The number of benzene rings is 2. The molecule has 0 unspecified atom stereocenters. The van der Waals surface area contributed by atoms with Crippen molar-refractivity contribution < 1.29 is 14.4 Å². The summed E-state index contributed by atoms with van der Waals surface area (Å²) in [7, 11) is 0. The van der Waals surface area contributed by atoms with Gasteiger partial charge in [-0.3, -0.25) is 10.0 Å². The predicted octanol–water partition coefficient (Wildman–Crippen LogP) is 4.17. The number of furan rings is 1. The molecule has 0 spiro atoms. The first kappa shape index (κ1) is 17.9. The molecular weight excluding hydrogens is 402 g/mol. The van der Waals surface area contributed by atoms with Gasteiger partial charge in [0.2, 0.25) is 0 Å². The average molecular weight is 415 g/mol. The molecule has 0 saturated heterocycles. The number of hydrogen-bond donors (Lipinski definition) is 2. The number of amides is 1. The molecule has 132 valence electrons. The molecule has 0 atom stereocenters. The zero-order chi connectivity index (χ0) is 18.5. The molecule has 0 radical (unpaired) electrons. The van der Waals surface area contributed by atoms with E-state index in [1.807, 2.05) is 30.3 Å². The Kier molecular flexibility index (Phi) is 5.47. The molecule has 0 aliphatic heterocycles. The van der Waals surface area contributed by atoms with E-state index in [1.165, 1.54) is 30.5 Å². The van der Waals surface area contributed by atoms with Gasteiger partial charge in [-0.2, -0.15) is 5.10 Å². The Balaban J connectivity index is 1.61. The second kappa shape index (κ2) is 7.96. The minimum absolute atomic E-state index is 0.0288. The maximum atomic E-state index is 12.0. The van der Waals surface area contributed by atoms with E-state index in [9.17, 15) is 10.0 Å². The van der Waals surface area contributed by atoms with Crippen LogP contribution in [0.25, 0.3) is 11.3 Å². The number of rotatable bonds is 5. The maximum absolute atomic E-state index is 12.0. The van der Waals surface area contributed by atoms with Crippen molar-refractivity contribution in [2.45, 2.75) is 0 Å². The van der Waals surface area contributed by atoms with Crippen molar-refractivity contribution in [2.75, 3.05) is 5.23 Å². The van der Waals surface area contributed by atoms with Gasteiger partial charge in [-0.15, -0.1) is 0 Å². The molecule has 0 saturated carbocycles. The number of carbonyl (C=O) groups is 1. The van der Waals surface area contributed by atoms with Crippen LogP contribution in [0.3, 0.4) is 0 Å². The molecule has 0 aliphatic carbocycles. The highest BCUT2D eigenvalue weighted by Crippen LogP contribution is 2.23. The first-order valence-corrected chi connectivity index (χ1v) is 8.27. The largest absolute Gasteiger partial charge is 0.733 e. The smallest absolute Gasteiger partial charge is 0.271 e. The summed E-state index contributed by atoms with van der Waals surface area (Å²) in [5.41, 5.74) is 3.61. The van der Waals surface area contributed by atoms with Crippen LogP contribution in [0.2, 0.25) is 0 Å². The summed E-state index contributed by atoms with van der Waals surface area (Å²) in [5, 5.41) is 23.0. The Morgan fingerprint density at radius 1 is 1.12 bits per heavy atom. The minimum atomic E-state index is -0.456. The third-order valence-corrected chi connectivity index (χ3v) is 3.99. The van der Waals surface area contributed by atoms with Crippen LogP contribution in [0.1, 0.15) is 16.1 Å². The molecule has 1 amide bonds. The zero-order valence-corrected chi connectivity index (χ0v) is 14.9. The molecule has 26 heavy (non-hydrogen) atoms. The van der Waals surface area contributed by atoms with E-state index in [4.69, 9.17) is 9.62 Å². The molecule has 2 N–H and O–H groups in total. The molecule has 7 nitrogen and oxygen atoms in total. The number of hydrogen-bond acceptors (Lipinski definition) is 6. The molecule has 0 fully saturated rings. The van der Waals surface area contributed by atoms with Gasteiger partial charge in [0.1, 0.15) is 11.5 Å². The summed E-state index contributed by atoms with van der Waals surface area (Å²) < 4.78 is 6.63. The van der Waals surface area contributed by atoms with Crippen LogP contribution in [0, 0.1) is 5.21 Å². The Morgan fingerprint density at radius 3 is 2.46 bits per heavy atom. The molecule has 3 rings (SSSR count). The number of halogens is 1. The predicted molar refractivity (Wildman–Crippen MR) is 101 cm³/mol. The van der Waals surface area contributed by atoms with Gasteiger partial charge in [0.05, 0.1) is 11.9 Å². The van der Waals surface area contributed by atoms with E-state index in [-0.39, 0.29) is 10.9 Å². The summed E-state index contributed by atoms with van der Waals surface area (Å²) >= 11 is 3.38. The fraction of sp³-hybridized carbons (Fsp3) is 0. The van der Waals surface area contributed by atoms with Crippen molar-refractivity contribution in [2.24, 2.45) is 5.10 Å². The fourth-order valence-corrected chi connectivity index (χ4v) is 2.42. The summed E-state index contributed by atoms with van der Waals surface area (Å²) in [4.78, 5) is 12.0. The Bertz CT molecular complexity index is 918. The van der Waals surface area contributed by atoms with E-state index in [2.05, 4.69) is 26.5 Å². The molecule has 1 aromatic heterocycles. The van der Waals surface area contributed by atoms with E-state index in [0.717, 1.165) is 10.0 Å². The van der Waals surface area contributed by atoms with Crippen molar-refractivity contribution in [1.29, 1.82) is 0 Å². The molecule has 8 heteroatoms. The van der Waals surface area contributed by atoms with Gasteiger partial charge in [0, 0.05) is 15.6 Å². The normalized spacial score (nSPS) is 10.9. The molecule has 1 heterocycles. The third-order valence-electron chi connectivity index (χ3n) is 3.46. The van der Waals surface area contributed by atoms with Crippen molar-refractivity contribution in [3.05, 3.63) is 81.7 Å². The topological polar surface area (TPSA) is 101 Å². The van der Waals surface area contributed by atoms with Crippen LogP contribution in [-0.2, 0) is 0 Å². The number of nitrogens with one attached hydrogen (secondary N) is 1. The second-order valence-electron chi connectivity index (χ2n) is 5.23. The van der Waals surface area contributed by atoms with Gasteiger partial charge in [0.25, 0.3) is 5.91 Å². The first-order valence-electron chi connectivity index (χ1n) is 7.48. The number of anilines is 1. The van der Waals surface area contributed by atoms with Crippen LogP contribution in [-0.4, -0.2) is 17.3 Å². The number of hydrazone groups is 1. The maximum Gasteiger partial charge on any atom is 0.271 e. The lowest BCUT2D eigenvalue weighted by Crippen LogP contribution is -2.17. The van der Waals surface area contributed by atoms with Crippen molar-refractivity contribution in [3.8, 4) is 11.3 Å². The summed E-state index contributed by atoms with van der Waals surface area (Å²) in [6, 6.07) is 16.7.